The van der Waals surface area contributed by atoms with E-state index in [0.29, 0.717) is 16.4 Å². The molecule has 25 heavy (non-hydrogen) atoms. The number of pyridine rings is 1. The van der Waals surface area contributed by atoms with E-state index in [1.807, 2.05) is 31.4 Å². The lowest BCUT2D eigenvalue weighted by molar-refractivity contribution is -0.115. The minimum Gasteiger partial charge on any atom is -0.326 e. The second-order valence-corrected chi connectivity index (χ2v) is 6.51. The van der Waals surface area contributed by atoms with Gasteiger partial charge in [0.1, 0.15) is 5.15 Å². The Morgan fingerprint density at radius 3 is 2.88 bits per heavy atom. The molecule has 2 heterocycles. The van der Waals surface area contributed by atoms with Gasteiger partial charge in [-0.2, -0.15) is 5.10 Å². The van der Waals surface area contributed by atoms with E-state index in [0.717, 1.165) is 28.0 Å². The van der Waals surface area contributed by atoms with Gasteiger partial charge in [0, 0.05) is 35.6 Å². The number of rotatable bonds is 5. The van der Waals surface area contributed by atoms with Crippen LogP contribution in [0.1, 0.15) is 5.56 Å². The van der Waals surface area contributed by atoms with Gasteiger partial charge in [0.2, 0.25) is 5.91 Å². The third-order valence-electron chi connectivity index (χ3n) is 3.55. The lowest BCUT2D eigenvalue weighted by Crippen LogP contribution is -2.15. The molecule has 0 saturated heterocycles. The smallest absolute Gasteiger partial charge is 0.228 e. The fourth-order valence-corrected chi connectivity index (χ4v) is 2.98. The Morgan fingerprint density at radius 1 is 1.36 bits per heavy atom. The van der Waals surface area contributed by atoms with Gasteiger partial charge in [0.05, 0.1) is 12.6 Å². The Labute approximate surface area is 154 Å². The number of amides is 1. The molecule has 8 heteroatoms. The Morgan fingerprint density at radius 2 is 2.20 bits per heavy atom. The lowest BCUT2D eigenvalue weighted by Gasteiger charge is -2.10. The molecule has 2 aromatic heterocycles. The third-order valence-corrected chi connectivity index (χ3v) is 4.40. The van der Waals surface area contributed by atoms with Crippen molar-refractivity contribution in [2.24, 2.45) is 12.2 Å². The quantitative estimate of drug-likeness (QED) is 0.529. The molecule has 0 bridgehead atoms. The number of aromatic nitrogens is 3. The Kier molecular flexibility index (Phi) is 5.37. The van der Waals surface area contributed by atoms with Crippen LogP contribution in [0.3, 0.4) is 0 Å². The fourth-order valence-electron chi connectivity index (χ4n) is 2.41. The predicted octanol–water partition coefficient (Wildman–Crippen LogP) is 3.28. The summed E-state index contributed by atoms with van der Waals surface area (Å²) < 4.78 is 1.72. The molecule has 1 amide bonds. The molecule has 0 unspecified atom stereocenters. The number of carbonyl (C=O) groups is 1. The van der Waals surface area contributed by atoms with Crippen molar-refractivity contribution in [3.63, 3.8) is 0 Å². The van der Waals surface area contributed by atoms with Crippen molar-refractivity contribution in [1.29, 1.82) is 0 Å². The SMILES string of the molecule is Cn1cc(-c2cc(NC(=O)Cc3cccnc3Cl)cc(SN)c2)cn1. The summed E-state index contributed by atoms with van der Waals surface area (Å²) in [7, 11) is 1.85. The molecule has 0 aliphatic heterocycles. The summed E-state index contributed by atoms with van der Waals surface area (Å²) >= 11 is 7.13. The molecule has 0 atom stereocenters. The molecule has 3 N–H and O–H groups in total. The molecular weight excluding hydrogens is 358 g/mol. The summed E-state index contributed by atoms with van der Waals surface area (Å²) in [6.07, 6.45) is 5.41. The number of hydrogen-bond donors (Lipinski definition) is 2. The molecule has 0 fully saturated rings. The molecule has 1 aromatic carbocycles. The number of benzene rings is 1. The van der Waals surface area contributed by atoms with Crippen LogP contribution in [0.2, 0.25) is 5.15 Å². The van der Waals surface area contributed by atoms with Crippen LogP contribution in [0.25, 0.3) is 11.1 Å². The standard InChI is InChI=1S/C17H16ClN5OS/c1-23-10-13(9-21-23)12-5-14(8-15(6-12)25-19)22-16(24)7-11-3-2-4-20-17(11)18/h2-6,8-10H,7,19H2,1H3,(H,22,24). The summed E-state index contributed by atoms with van der Waals surface area (Å²) in [6, 6.07) is 9.20. The van der Waals surface area contributed by atoms with Crippen molar-refractivity contribution in [2.45, 2.75) is 11.3 Å². The number of carbonyl (C=O) groups excluding carboxylic acids is 1. The molecule has 6 nitrogen and oxygen atoms in total. The monoisotopic (exact) mass is 373 g/mol. The van der Waals surface area contributed by atoms with Crippen molar-refractivity contribution < 1.29 is 4.79 Å². The van der Waals surface area contributed by atoms with Gasteiger partial charge in [-0.15, -0.1) is 0 Å². The van der Waals surface area contributed by atoms with E-state index in [1.165, 1.54) is 0 Å². The van der Waals surface area contributed by atoms with Crippen LogP contribution in [0.5, 0.6) is 0 Å². The molecule has 128 valence electrons. The van der Waals surface area contributed by atoms with E-state index in [-0.39, 0.29) is 12.3 Å². The van der Waals surface area contributed by atoms with E-state index in [9.17, 15) is 4.79 Å². The van der Waals surface area contributed by atoms with Gasteiger partial charge in [-0.25, -0.2) is 4.98 Å². The Bertz CT molecular complexity index is 912. The van der Waals surface area contributed by atoms with E-state index in [2.05, 4.69) is 15.4 Å². The van der Waals surface area contributed by atoms with Crippen molar-refractivity contribution in [3.05, 3.63) is 59.6 Å². The van der Waals surface area contributed by atoms with E-state index in [1.54, 1.807) is 29.2 Å². The number of nitrogens with one attached hydrogen (secondary N) is 1. The summed E-state index contributed by atoms with van der Waals surface area (Å²) in [6.45, 7) is 0. The Hall–Kier alpha value is -2.35. The van der Waals surface area contributed by atoms with Crippen LogP contribution >= 0.6 is 23.5 Å². The number of nitrogens with zero attached hydrogens (tertiary/aromatic N) is 3. The third kappa shape index (κ3) is 4.39. The summed E-state index contributed by atoms with van der Waals surface area (Å²) in [5, 5.41) is 13.1. The highest BCUT2D eigenvalue weighted by molar-refractivity contribution is 7.97. The summed E-state index contributed by atoms with van der Waals surface area (Å²) in [5.74, 6) is -0.175. The number of halogens is 1. The molecule has 0 aliphatic rings. The van der Waals surface area contributed by atoms with Gasteiger partial charge >= 0.3 is 0 Å². The van der Waals surface area contributed by atoms with E-state index in [4.69, 9.17) is 16.7 Å². The van der Waals surface area contributed by atoms with Crippen LogP contribution in [0.15, 0.2) is 53.8 Å². The average molecular weight is 374 g/mol. The van der Waals surface area contributed by atoms with Crippen molar-refractivity contribution in [1.82, 2.24) is 14.8 Å². The zero-order valence-corrected chi connectivity index (χ0v) is 15.0. The maximum atomic E-state index is 12.3. The van der Waals surface area contributed by atoms with E-state index >= 15 is 0 Å². The minimum absolute atomic E-state index is 0.148. The topological polar surface area (TPSA) is 85.8 Å². The molecule has 3 rings (SSSR count). The first-order valence-corrected chi connectivity index (χ1v) is 8.71. The fraction of sp³-hybridized carbons (Fsp3) is 0.118. The molecular formula is C17H16ClN5OS. The number of nitrogens with two attached hydrogens (primary N) is 1. The normalized spacial score (nSPS) is 10.7. The zero-order valence-electron chi connectivity index (χ0n) is 13.4. The number of anilines is 1. The van der Waals surface area contributed by atoms with Crippen molar-refractivity contribution >= 4 is 35.1 Å². The first-order chi connectivity index (χ1) is 12.0. The van der Waals surface area contributed by atoms with Gasteiger partial charge in [0.15, 0.2) is 0 Å². The zero-order chi connectivity index (χ0) is 17.8. The second kappa shape index (κ2) is 7.69. The van der Waals surface area contributed by atoms with Crippen molar-refractivity contribution in [2.75, 3.05) is 5.32 Å². The lowest BCUT2D eigenvalue weighted by atomic mass is 10.1. The highest BCUT2D eigenvalue weighted by Gasteiger charge is 2.10. The number of aryl methyl sites for hydroxylation is 1. The first-order valence-electron chi connectivity index (χ1n) is 7.45. The van der Waals surface area contributed by atoms with Crippen LogP contribution in [0.4, 0.5) is 5.69 Å². The van der Waals surface area contributed by atoms with E-state index < -0.39 is 0 Å². The van der Waals surface area contributed by atoms with Crippen LogP contribution in [0, 0.1) is 0 Å². The molecule has 0 aliphatic carbocycles. The number of hydrogen-bond acceptors (Lipinski definition) is 5. The predicted molar refractivity (Wildman–Crippen MR) is 100 cm³/mol. The minimum atomic E-state index is -0.175. The summed E-state index contributed by atoms with van der Waals surface area (Å²) in [4.78, 5) is 17.2. The second-order valence-electron chi connectivity index (χ2n) is 5.44. The van der Waals surface area contributed by atoms with Gasteiger partial charge in [-0.3, -0.25) is 14.6 Å². The molecule has 0 radical (unpaired) electrons. The molecule has 3 aromatic rings. The van der Waals surface area contributed by atoms with Crippen molar-refractivity contribution in [3.8, 4) is 11.1 Å². The Balaban J connectivity index is 1.82. The maximum absolute atomic E-state index is 12.3. The highest BCUT2D eigenvalue weighted by atomic mass is 35.5. The summed E-state index contributed by atoms with van der Waals surface area (Å²) in [5.41, 5.74) is 3.22. The first kappa shape index (κ1) is 17.5. The largest absolute Gasteiger partial charge is 0.326 e. The van der Waals surface area contributed by atoms with Crippen LogP contribution < -0.4 is 10.5 Å². The van der Waals surface area contributed by atoms with Gasteiger partial charge < -0.3 is 5.32 Å². The van der Waals surface area contributed by atoms with Gasteiger partial charge in [-0.05, 0) is 47.3 Å². The maximum Gasteiger partial charge on any atom is 0.228 e. The van der Waals surface area contributed by atoms with Gasteiger partial charge in [0.25, 0.3) is 0 Å². The molecule has 0 saturated carbocycles. The molecule has 0 spiro atoms. The van der Waals surface area contributed by atoms with Gasteiger partial charge in [-0.1, -0.05) is 17.7 Å². The van der Waals surface area contributed by atoms with Crippen LogP contribution in [-0.4, -0.2) is 20.7 Å². The van der Waals surface area contributed by atoms with Crippen LogP contribution in [-0.2, 0) is 18.3 Å². The average Bonchev–Trinajstić information content (AvgIpc) is 3.03. The highest BCUT2D eigenvalue weighted by Crippen LogP contribution is 2.28.